The average Bonchev–Trinajstić information content (AvgIpc) is 2.97. The van der Waals surface area contributed by atoms with Crippen molar-refractivity contribution in [1.82, 2.24) is 9.97 Å². The maximum Gasteiger partial charge on any atom is 0.149 e. The Bertz CT molecular complexity index is 395. The van der Waals surface area contributed by atoms with E-state index in [1.807, 2.05) is 12.4 Å². The summed E-state index contributed by atoms with van der Waals surface area (Å²) in [6.07, 6.45) is 9.06. The van der Waals surface area contributed by atoms with Gasteiger partial charge in [0.15, 0.2) is 0 Å². The molecule has 18 heavy (non-hydrogen) atoms. The first-order valence-electron chi connectivity index (χ1n) is 7.17. The first-order valence-corrected chi connectivity index (χ1v) is 7.17. The summed E-state index contributed by atoms with van der Waals surface area (Å²) in [5.41, 5.74) is 0. The van der Waals surface area contributed by atoms with Crippen molar-refractivity contribution in [3.8, 4) is 0 Å². The van der Waals surface area contributed by atoms with Crippen LogP contribution in [0.5, 0.6) is 0 Å². The molecule has 1 N–H and O–H groups in total. The van der Waals surface area contributed by atoms with Gasteiger partial charge in [-0.05, 0) is 31.1 Å². The predicted molar refractivity (Wildman–Crippen MR) is 73.9 cm³/mol. The summed E-state index contributed by atoms with van der Waals surface area (Å²) in [5.74, 6) is 3.76. The summed E-state index contributed by atoms with van der Waals surface area (Å²) in [5, 5.41) is 3.31. The van der Waals surface area contributed by atoms with Gasteiger partial charge in [0.05, 0.1) is 12.4 Å². The number of hydrogen-bond acceptors (Lipinski definition) is 4. The highest BCUT2D eigenvalue weighted by Crippen LogP contribution is 2.39. The second-order valence-corrected chi connectivity index (χ2v) is 5.55. The molecule has 98 valence electrons. The molecule has 4 nitrogen and oxygen atoms in total. The standard InChI is InChI=1S/C14H22N4/c1-2-6-16-13-7-15-8-14(17-13)18-9-11-4-3-5-12(11)10-18/h7-8,11-12H,2-6,9-10H2,1H3,(H,16,17). The highest BCUT2D eigenvalue weighted by atomic mass is 15.2. The van der Waals surface area contributed by atoms with Gasteiger partial charge in [-0.1, -0.05) is 13.3 Å². The number of hydrogen-bond donors (Lipinski definition) is 1. The first kappa shape index (κ1) is 11.8. The maximum atomic E-state index is 4.67. The van der Waals surface area contributed by atoms with E-state index in [2.05, 4.69) is 27.1 Å². The Morgan fingerprint density at radius 2 is 2.06 bits per heavy atom. The molecule has 4 heteroatoms. The Labute approximate surface area is 109 Å². The second-order valence-electron chi connectivity index (χ2n) is 5.55. The van der Waals surface area contributed by atoms with Crippen LogP contribution in [-0.2, 0) is 0 Å². The topological polar surface area (TPSA) is 41.1 Å². The third-order valence-corrected chi connectivity index (χ3v) is 4.23. The van der Waals surface area contributed by atoms with E-state index in [0.717, 1.165) is 36.4 Å². The number of fused-ring (bicyclic) bond motifs is 1. The van der Waals surface area contributed by atoms with Crippen molar-refractivity contribution < 1.29 is 0 Å². The zero-order chi connectivity index (χ0) is 12.4. The van der Waals surface area contributed by atoms with Crippen molar-refractivity contribution >= 4 is 11.6 Å². The molecule has 2 aliphatic rings. The van der Waals surface area contributed by atoms with Crippen LogP contribution in [-0.4, -0.2) is 29.6 Å². The molecule has 1 aromatic heterocycles. The monoisotopic (exact) mass is 246 g/mol. The summed E-state index contributed by atoms with van der Waals surface area (Å²) in [6.45, 7) is 5.47. The van der Waals surface area contributed by atoms with Crippen molar-refractivity contribution in [1.29, 1.82) is 0 Å². The summed E-state index contributed by atoms with van der Waals surface area (Å²) < 4.78 is 0. The van der Waals surface area contributed by atoms with Crippen LogP contribution in [0.25, 0.3) is 0 Å². The molecular formula is C14H22N4. The van der Waals surface area contributed by atoms with Crippen molar-refractivity contribution in [2.45, 2.75) is 32.6 Å². The maximum absolute atomic E-state index is 4.67. The van der Waals surface area contributed by atoms with Crippen LogP contribution in [0.4, 0.5) is 11.6 Å². The van der Waals surface area contributed by atoms with Gasteiger partial charge in [0.2, 0.25) is 0 Å². The second kappa shape index (κ2) is 5.12. The molecule has 2 heterocycles. The fourth-order valence-corrected chi connectivity index (χ4v) is 3.27. The van der Waals surface area contributed by atoms with E-state index in [-0.39, 0.29) is 0 Å². The largest absolute Gasteiger partial charge is 0.369 e. The minimum Gasteiger partial charge on any atom is -0.369 e. The van der Waals surface area contributed by atoms with Crippen LogP contribution >= 0.6 is 0 Å². The molecule has 1 aliphatic carbocycles. The van der Waals surface area contributed by atoms with Crippen LogP contribution < -0.4 is 10.2 Å². The highest BCUT2D eigenvalue weighted by molar-refractivity contribution is 5.45. The van der Waals surface area contributed by atoms with Crippen LogP contribution in [0.2, 0.25) is 0 Å². The molecule has 0 aromatic carbocycles. The zero-order valence-corrected chi connectivity index (χ0v) is 11.1. The summed E-state index contributed by atoms with van der Waals surface area (Å²) >= 11 is 0. The van der Waals surface area contributed by atoms with Crippen LogP contribution in [0.3, 0.4) is 0 Å². The smallest absolute Gasteiger partial charge is 0.149 e. The van der Waals surface area contributed by atoms with E-state index in [1.54, 1.807) is 0 Å². The first-order chi connectivity index (χ1) is 8.86. The minimum absolute atomic E-state index is 0.902. The molecule has 0 amide bonds. The minimum atomic E-state index is 0.902. The summed E-state index contributed by atoms with van der Waals surface area (Å²) in [7, 11) is 0. The summed E-state index contributed by atoms with van der Waals surface area (Å²) in [6, 6.07) is 0. The molecule has 2 unspecified atom stereocenters. The zero-order valence-electron chi connectivity index (χ0n) is 11.1. The highest BCUT2D eigenvalue weighted by Gasteiger charge is 2.36. The van der Waals surface area contributed by atoms with Gasteiger partial charge in [-0.15, -0.1) is 0 Å². The summed E-state index contributed by atoms with van der Waals surface area (Å²) in [4.78, 5) is 11.4. The van der Waals surface area contributed by atoms with Gasteiger partial charge in [0.1, 0.15) is 11.6 Å². The van der Waals surface area contributed by atoms with Gasteiger partial charge in [0, 0.05) is 19.6 Å². The van der Waals surface area contributed by atoms with E-state index >= 15 is 0 Å². The number of nitrogens with zero attached hydrogens (tertiary/aromatic N) is 3. The number of anilines is 2. The van der Waals surface area contributed by atoms with E-state index in [1.165, 1.54) is 32.4 Å². The van der Waals surface area contributed by atoms with Gasteiger partial charge >= 0.3 is 0 Å². The Balaban J connectivity index is 1.69. The van der Waals surface area contributed by atoms with Gasteiger partial charge in [-0.2, -0.15) is 0 Å². The fourth-order valence-electron chi connectivity index (χ4n) is 3.27. The molecule has 0 spiro atoms. The third-order valence-electron chi connectivity index (χ3n) is 4.23. The SMILES string of the molecule is CCCNc1cncc(N2CC3CCCC3C2)n1. The van der Waals surface area contributed by atoms with E-state index in [0.29, 0.717) is 0 Å². The third kappa shape index (κ3) is 2.28. The molecule has 0 bridgehead atoms. The Kier molecular flexibility index (Phi) is 3.35. The van der Waals surface area contributed by atoms with Crippen LogP contribution in [0.1, 0.15) is 32.6 Å². The number of aromatic nitrogens is 2. The van der Waals surface area contributed by atoms with Gasteiger partial charge in [0.25, 0.3) is 0 Å². The van der Waals surface area contributed by atoms with Crippen molar-refractivity contribution in [3.05, 3.63) is 12.4 Å². The molecule has 2 atom stereocenters. The lowest BCUT2D eigenvalue weighted by molar-refractivity contribution is 0.494. The van der Waals surface area contributed by atoms with Gasteiger partial charge in [-0.25, -0.2) is 4.98 Å². The van der Waals surface area contributed by atoms with Crippen molar-refractivity contribution in [2.75, 3.05) is 29.9 Å². The molecule has 3 rings (SSSR count). The molecule has 0 radical (unpaired) electrons. The number of rotatable bonds is 4. The molecule has 1 saturated heterocycles. The average molecular weight is 246 g/mol. The molecule has 1 saturated carbocycles. The molecule has 2 fully saturated rings. The lowest BCUT2D eigenvalue weighted by atomic mass is 10.0. The van der Waals surface area contributed by atoms with Crippen molar-refractivity contribution in [2.24, 2.45) is 11.8 Å². The lowest BCUT2D eigenvalue weighted by Gasteiger charge is -2.18. The lowest BCUT2D eigenvalue weighted by Crippen LogP contribution is -2.22. The van der Waals surface area contributed by atoms with Crippen LogP contribution in [0, 0.1) is 11.8 Å². The Morgan fingerprint density at radius 1 is 1.28 bits per heavy atom. The van der Waals surface area contributed by atoms with E-state index in [9.17, 15) is 0 Å². The van der Waals surface area contributed by atoms with Crippen LogP contribution in [0.15, 0.2) is 12.4 Å². The van der Waals surface area contributed by atoms with Gasteiger partial charge < -0.3 is 10.2 Å². The van der Waals surface area contributed by atoms with Gasteiger partial charge in [-0.3, -0.25) is 4.98 Å². The molecule has 1 aromatic rings. The Hall–Kier alpha value is -1.32. The van der Waals surface area contributed by atoms with E-state index < -0.39 is 0 Å². The fraction of sp³-hybridized carbons (Fsp3) is 0.714. The number of nitrogens with one attached hydrogen (secondary N) is 1. The normalized spacial score (nSPS) is 26.4. The molecule has 1 aliphatic heterocycles. The predicted octanol–water partition coefficient (Wildman–Crippen LogP) is 2.53. The Morgan fingerprint density at radius 3 is 2.78 bits per heavy atom. The van der Waals surface area contributed by atoms with E-state index in [4.69, 9.17) is 0 Å². The quantitative estimate of drug-likeness (QED) is 0.886. The van der Waals surface area contributed by atoms with Crippen molar-refractivity contribution in [3.63, 3.8) is 0 Å². The molecular weight excluding hydrogens is 224 g/mol.